The van der Waals surface area contributed by atoms with Gasteiger partial charge in [-0.1, -0.05) is 39.0 Å². The van der Waals surface area contributed by atoms with Crippen molar-refractivity contribution in [3.8, 4) is 0 Å². The number of ether oxygens (including phenoxy) is 3. The number of carbonyl (C=O) groups is 1. The third kappa shape index (κ3) is 6.73. The zero-order chi connectivity index (χ0) is 17.2. The number of aliphatic hydroxyl groups excluding tert-OH is 3. The number of hydrogen-bond donors (Lipinski definition) is 3. The van der Waals surface area contributed by atoms with Crippen LogP contribution >= 0.6 is 0 Å². The number of aliphatic hydroxyl groups is 3. The van der Waals surface area contributed by atoms with Crippen LogP contribution in [0.3, 0.4) is 0 Å². The third-order valence-corrected chi connectivity index (χ3v) is 4.04. The number of rotatable bonds is 10. The van der Waals surface area contributed by atoms with Crippen molar-refractivity contribution in [3.05, 3.63) is 0 Å². The topological polar surface area (TPSA) is 105 Å². The van der Waals surface area contributed by atoms with Crippen LogP contribution in [0.5, 0.6) is 0 Å². The Labute approximate surface area is 137 Å². The van der Waals surface area contributed by atoms with Crippen LogP contribution in [-0.4, -0.2) is 65.7 Å². The second-order valence-corrected chi connectivity index (χ2v) is 5.95. The molecule has 1 fully saturated rings. The number of esters is 1. The van der Waals surface area contributed by atoms with Crippen LogP contribution in [0, 0.1) is 0 Å². The van der Waals surface area contributed by atoms with Gasteiger partial charge in [-0.3, -0.25) is 4.79 Å². The van der Waals surface area contributed by atoms with Crippen molar-refractivity contribution in [2.45, 2.75) is 82.6 Å². The van der Waals surface area contributed by atoms with Crippen molar-refractivity contribution < 1.29 is 34.3 Å². The molecule has 5 atom stereocenters. The minimum atomic E-state index is -1.41. The quantitative estimate of drug-likeness (QED) is 0.399. The van der Waals surface area contributed by atoms with Gasteiger partial charge in [-0.15, -0.1) is 0 Å². The molecular weight excluding hydrogens is 304 g/mol. The summed E-state index contributed by atoms with van der Waals surface area (Å²) in [5.74, 6) is -0.356. The molecule has 0 aliphatic carbocycles. The van der Waals surface area contributed by atoms with E-state index in [9.17, 15) is 20.1 Å². The summed E-state index contributed by atoms with van der Waals surface area (Å²) in [6.07, 6.45) is 0.741. The average molecular weight is 334 g/mol. The Morgan fingerprint density at radius 3 is 2.30 bits per heavy atom. The first kappa shape index (κ1) is 20.3. The number of carbonyl (C=O) groups excluding carboxylic acids is 1. The Hall–Kier alpha value is -0.730. The summed E-state index contributed by atoms with van der Waals surface area (Å²) in [6.45, 7) is 1.97. The largest absolute Gasteiger partial charge is 0.463 e. The Balaban J connectivity index is 2.24. The van der Waals surface area contributed by atoms with E-state index >= 15 is 0 Å². The summed E-state index contributed by atoms with van der Waals surface area (Å²) >= 11 is 0. The predicted octanol–water partition coefficient (Wildman–Crippen LogP) is 0.734. The van der Waals surface area contributed by atoms with E-state index in [1.807, 2.05) is 0 Å². The lowest BCUT2D eigenvalue weighted by Crippen LogP contribution is -2.59. The van der Waals surface area contributed by atoms with E-state index in [1.54, 1.807) is 0 Å². The standard InChI is InChI=1S/C16H30O7/c1-3-4-5-6-7-8-9-12(17)22-10-11-13(18)14(19)15(20)16(21-2)23-11/h11,13-16,18-20H,3-10H2,1-2H3/t11-,13-,14+,15-,16-/m1/s1. The molecule has 1 aliphatic heterocycles. The molecule has 7 heteroatoms. The SMILES string of the molecule is CCCCCCCCC(=O)OC[C@H]1O[C@@H](OC)[C@H](O)[C@@H](O)[C@@H]1O. The number of hydrogen-bond acceptors (Lipinski definition) is 7. The molecule has 0 radical (unpaired) electrons. The monoisotopic (exact) mass is 334 g/mol. The first-order chi connectivity index (χ1) is 11.0. The summed E-state index contributed by atoms with van der Waals surface area (Å²) in [6, 6.07) is 0. The highest BCUT2D eigenvalue weighted by molar-refractivity contribution is 5.69. The molecule has 0 saturated carbocycles. The van der Waals surface area contributed by atoms with Gasteiger partial charge in [0.2, 0.25) is 0 Å². The van der Waals surface area contributed by atoms with E-state index in [2.05, 4.69) is 6.92 Å². The number of unbranched alkanes of at least 4 members (excludes halogenated alkanes) is 5. The molecule has 136 valence electrons. The van der Waals surface area contributed by atoms with E-state index in [0.717, 1.165) is 19.3 Å². The van der Waals surface area contributed by atoms with Gasteiger partial charge in [0.05, 0.1) is 0 Å². The summed E-state index contributed by atoms with van der Waals surface area (Å²) in [7, 11) is 1.32. The Kier molecular flexibility index (Phi) is 9.66. The van der Waals surface area contributed by atoms with E-state index in [0.29, 0.717) is 6.42 Å². The first-order valence-electron chi connectivity index (χ1n) is 8.39. The zero-order valence-electron chi connectivity index (χ0n) is 14.0. The molecule has 7 nitrogen and oxygen atoms in total. The van der Waals surface area contributed by atoms with E-state index < -0.39 is 30.7 Å². The van der Waals surface area contributed by atoms with Crippen LogP contribution in [-0.2, 0) is 19.0 Å². The fraction of sp³-hybridized carbons (Fsp3) is 0.938. The molecule has 1 rings (SSSR count). The molecule has 0 bridgehead atoms. The van der Waals surface area contributed by atoms with Crippen LogP contribution < -0.4 is 0 Å². The Morgan fingerprint density at radius 1 is 1.00 bits per heavy atom. The van der Waals surface area contributed by atoms with Crippen LogP contribution in [0.25, 0.3) is 0 Å². The van der Waals surface area contributed by atoms with Gasteiger partial charge in [-0.2, -0.15) is 0 Å². The molecule has 0 amide bonds. The highest BCUT2D eigenvalue weighted by atomic mass is 16.7. The predicted molar refractivity (Wildman–Crippen MR) is 82.6 cm³/mol. The third-order valence-electron chi connectivity index (χ3n) is 4.04. The van der Waals surface area contributed by atoms with Crippen LogP contribution in [0.1, 0.15) is 51.9 Å². The maximum Gasteiger partial charge on any atom is 0.305 e. The van der Waals surface area contributed by atoms with Gasteiger partial charge in [-0.25, -0.2) is 0 Å². The van der Waals surface area contributed by atoms with Crippen LogP contribution in [0.2, 0.25) is 0 Å². The second kappa shape index (κ2) is 10.9. The normalized spacial score (nSPS) is 31.1. The molecule has 1 saturated heterocycles. The van der Waals surface area contributed by atoms with Crippen molar-refractivity contribution in [1.29, 1.82) is 0 Å². The van der Waals surface area contributed by atoms with Crippen molar-refractivity contribution in [3.63, 3.8) is 0 Å². The molecular formula is C16H30O7. The van der Waals surface area contributed by atoms with Crippen LogP contribution in [0.4, 0.5) is 0 Å². The molecule has 0 unspecified atom stereocenters. The number of methoxy groups -OCH3 is 1. The van der Waals surface area contributed by atoms with E-state index in [1.165, 1.54) is 26.4 Å². The molecule has 3 N–H and O–H groups in total. The lowest BCUT2D eigenvalue weighted by molar-refractivity contribution is -0.295. The highest BCUT2D eigenvalue weighted by Crippen LogP contribution is 2.22. The fourth-order valence-electron chi connectivity index (χ4n) is 2.55. The van der Waals surface area contributed by atoms with Crippen molar-refractivity contribution in [2.24, 2.45) is 0 Å². The molecule has 0 spiro atoms. The second-order valence-electron chi connectivity index (χ2n) is 5.95. The van der Waals surface area contributed by atoms with Crippen molar-refractivity contribution in [2.75, 3.05) is 13.7 Å². The molecule has 23 heavy (non-hydrogen) atoms. The lowest BCUT2D eigenvalue weighted by atomic mass is 9.99. The average Bonchev–Trinajstić information content (AvgIpc) is 2.55. The van der Waals surface area contributed by atoms with Gasteiger partial charge in [0, 0.05) is 13.5 Å². The summed E-state index contributed by atoms with van der Waals surface area (Å²) < 4.78 is 15.3. The van der Waals surface area contributed by atoms with Crippen LogP contribution in [0.15, 0.2) is 0 Å². The molecule has 1 aliphatic rings. The maximum atomic E-state index is 11.7. The summed E-state index contributed by atoms with van der Waals surface area (Å²) in [5, 5.41) is 29.2. The molecule has 0 aromatic heterocycles. The lowest BCUT2D eigenvalue weighted by Gasteiger charge is -2.39. The molecule has 0 aromatic carbocycles. The highest BCUT2D eigenvalue weighted by Gasteiger charge is 2.44. The summed E-state index contributed by atoms with van der Waals surface area (Å²) in [5.41, 5.74) is 0. The van der Waals surface area contributed by atoms with Gasteiger partial charge in [0.1, 0.15) is 31.0 Å². The van der Waals surface area contributed by atoms with E-state index in [-0.39, 0.29) is 12.6 Å². The molecule has 0 aromatic rings. The van der Waals surface area contributed by atoms with Gasteiger partial charge >= 0.3 is 5.97 Å². The van der Waals surface area contributed by atoms with Crippen molar-refractivity contribution >= 4 is 5.97 Å². The smallest absolute Gasteiger partial charge is 0.305 e. The van der Waals surface area contributed by atoms with Gasteiger partial charge in [0.25, 0.3) is 0 Å². The molecule has 1 heterocycles. The maximum absolute atomic E-state index is 11.7. The fourth-order valence-corrected chi connectivity index (χ4v) is 2.55. The Bertz CT molecular complexity index is 334. The first-order valence-corrected chi connectivity index (χ1v) is 8.39. The van der Waals surface area contributed by atoms with Crippen molar-refractivity contribution in [1.82, 2.24) is 0 Å². The van der Waals surface area contributed by atoms with Gasteiger partial charge in [-0.05, 0) is 6.42 Å². The van der Waals surface area contributed by atoms with Gasteiger partial charge < -0.3 is 29.5 Å². The minimum absolute atomic E-state index is 0.181. The minimum Gasteiger partial charge on any atom is -0.463 e. The summed E-state index contributed by atoms with van der Waals surface area (Å²) in [4.78, 5) is 11.7. The van der Waals surface area contributed by atoms with E-state index in [4.69, 9.17) is 14.2 Å². The zero-order valence-corrected chi connectivity index (χ0v) is 14.0. The Morgan fingerprint density at radius 2 is 1.65 bits per heavy atom. The van der Waals surface area contributed by atoms with Gasteiger partial charge in [0.15, 0.2) is 6.29 Å².